The second-order valence-electron chi connectivity index (χ2n) is 5.35. The molecule has 0 unspecified atom stereocenters. The van der Waals surface area contributed by atoms with E-state index in [4.69, 9.17) is 9.47 Å². The van der Waals surface area contributed by atoms with E-state index in [9.17, 15) is 0 Å². The summed E-state index contributed by atoms with van der Waals surface area (Å²) in [5.74, 6) is 1.03. The SMILES string of the molecule is COCCn1c(C)c(C)c2c(N3CCOCC3)ncnc21. The number of aromatic nitrogens is 3. The highest BCUT2D eigenvalue weighted by Crippen LogP contribution is 2.31. The van der Waals surface area contributed by atoms with E-state index in [2.05, 4.69) is 33.3 Å². The summed E-state index contributed by atoms with van der Waals surface area (Å²) in [5, 5.41) is 1.16. The molecule has 0 radical (unpaired) electrons. The zero-order valence-electron chi connectivity index (χ0n) is 12.9. The molecule has 3 heterocycles. The van der Waals surface area contributed by atoms with E-state index in [0.717, 1.165) is 49.7 Å². The van der Waals surface area contributed by atoms with Gasteiger partial charge in [0.1, 0.15) is 17.8 Å². The molecular weight excluding hydrogens is 268 g/mol. The van der Waals surface area contributed by atoms with Gasteiger partial charge in [-0.3, -0.25) is 0 Å². The van der Waals surface area contributed by atoms with E-state index in [1.165, 1.54) is 11.3 Å². The van der Waals surface area contributed by atoms with Crippen molar-refractivity contribution in [3.05, 3.63) is 17.6 Å². The molecule has 1 aliphatic rings. The Balaban J connectivity index is 2.10. The predicted octanol–water partition coefficient (Wildman–Crippen LogP) is 1.53. The van der Waals surface area contributed by atoms with Crippen LogP contribution in [0.4, 0.5) is 5.82 Å². The van der Waals surface area contributed by atoms with Crippen LogP contribution in [0.15, 0.2) is 6.33 Å². The zero-order valence-corrected chi connectivity index (χ0v) is 12.9. The van der Waals surface area contributed by atoms with Crippen LogP contribution in [-0.4, -0.2) is 54.6 Å². The first-order chi connectivity index (χ1) is 10.2. The molecule has 0 spiro atoms. The Morgan fingerprint density at radius 1 is 1.24 bits per heavy atom. The molecule has 0 bridgehead atoms. The van der Waals surface area contributed by atoms with Gasteiger partial charge in [0.2, 0.25) is 0 Å². The lowest BCUT2D eigenvalue weighted by atomic mass is 10.2. The largest absolute Gasteiger partial charge is 0.383 e. The highest BCUT2D eigenvalue weighted by atomic mass is 16.5. The van der Waals surface area contributed by atoms with Gasteiger partial charge < -0.3 is 18.9 Å². The van der Waals surface area contributed by atoms with Gasteiger partial charge in [-0.1, -0.05) is 0 Å². The first-order valence-corrected chi connectivity index (χ1v) is 7.36. The van der Waals surface area contributed by atoms with Crippen molar-refractivity contribution in [2.75, 3.05) is 44.9 Å². The number of aryl methyl sites for hydroxylation is 1. The molecule has 0 saturated carbocycles. The summed E-state index contributed by atoms with van der Waals surface area (Å²) in [5.41, 5.74) is 3.48. The molecule has 1 fully saturated rings. The van der Waals surface area contributed by atoms with Crippen LogP contribution in [0.3, 0.4) is 0 Å². The molecule has 0 aromatic carbocycles. The van der Waals surface area contributed by atoms with E-state index in [1.54, 1.807) is 13.4 Å². The van der Waals surface area contributed by atoms with Crippen molar-refractivity contribution in [1.29, 1.82) is 0 Å². The fourth-order valence-corrected chi connectivity index (χ4v) is 2.92. The molecule has 0 amide bonds. The van der Waals surface area contributed by atoms with Gasteiger partial charge in [0.05, 0.1) is 25.2 Å². The third-order valence-corrected chi connectivity index (χ3v) is 4.22. The van der Waals surface area contributed by atoms with Crippen LogP contribution in [0.5, 0.6) is 0 Å². The zero-order chi connectivity index (χ0) is 14.8. The van der Waals surface area contributed by atoms with Crippen molar-refractivity contribution in [3.8, 4) is 0 Å². The first kappa shape index (κ1) is 14.3. The average Bonchev–Trinajstić information content (AvgIpc) is 2.78. The topological polar surface area (TPSA) is 52.4 Å². The lowest BCUT2D eigenvalue weighted by Crippen LogP contribution is -2.36. The smallest absolute Gasteiger partial charge is 0.146 e. The number of fused-ring (bicyclic) bond motifs is 1. The van der Waals surface area contributed by atoms with Gasteiger partial charge >= 0.3 is 0 Å². The second kappa shape index (κ2) is 5.99. The minimum absolute atomic E-state index is 0.681. The Hall–Kier alpha value is -1.66. The van der Waals surface area contributed by atoms with E-state index < -0.39 is 0 Å². The predicted molar refractivity (Wildman–Crippen MR) is 81.9 cm³/mol. The number of nitrogens with zero attached hydrogens (tertiary/aromatic N) is 4. The third kappa shape index (κ3) is 2.49. The number of morpholine rings is 1. The molecule has 3 rings (SSSR count). The Bertz CT molecular complexity index is 632. The fourth-order valence-electron chi connectivity index (χ4n) is 2.92. The van der Waals surface area contributed by atoms with Crippen molar-refractivity contribution >= 4 is 16.9 Å². The molecule has 6 heteroatoms. The van der Waals surface area contributed by atoms with Crippen molar-refractivity contribution in [2.24, 2.45) is 0 Å². The standard InChI is InChI=1S/C15H22N4O2/c1-11-12(2)19(6-7-20-3)15-13(11)14(16-10-17-15)18-4-8-21-9-5-18/h10H,4-9H2,1-3H3. The summed E-state index contributed by atoms with van der Waals surface area (Å²) in [4.78, 5) is 11.3. The van der Waals surface area contributed by atoms with Gasteiger partial charge in [-0.05, 0) is 19.4 Å². The van der Waals surface area contributed by atoms with Gasteiger partial charge in [-0.15, -0.1) is 0 Å². The molecule has 114 valence electrons. The lowest BCUT2D eigenvalue weighted by Gasteiger charge is -2.28. The summed E-state index contributed by atoms with van der Waals surface area (Å²) in [7, 11) is 1.72. The van der Waals surface area contributed by atoms with Gasteiger partial charge in [0.15, 0.2) is 0 Å². The molecule has 1 aliphatic heterocycles. The summed E-state index contributed by atoms with van der Waals surface area (Å²) >= 11 is 0. The number of anilines is 1. The monoisotopic (exact) mass is 290 g/mol. The minimum Gasteiger partial charge on any atom is -0.383 e. The number of hydrogen-bond acceptors (Lipinski definition) is 5. The van der Waals surface area contributed by atoms with Crippen LogP contribution in [-0.2, 0) is 16.0 Å². The van der Waals surface area contributed by atoms with Crippen LogP contribution >= 0.6 is 0 Å². The summed E-state index contributed by atoms with van der Waals surface area (Å²) in [6.07, 6.45) is 1.66. The molecule has 0 aliphatic carbocycles. The van der Waals surface area contributed by atoms with Crippen LogP contribution in [0.2, 0.25) is 0 Å². The first-order valence-electron chi connectivity index (χ1n) is 7.36. The van der Waals surface area contributed by atoms with Crippen LogP contribution in [0, 0.1) is 13.8 Å². The summed E-state index contributed by atoms with van der Waals surface area (Å²) in [6.45, 7) is 9.06. The van der Waals surface area contributed by atoms with Crippen LogP contribution < -0.4 is 4.90 Å². The minimum atomic E-state index is 0.681. The fraction of sp³-hybridized carbons (Fsp3) is 0.600. The maximum absolute atomic E-state index is 5.44. The number of methoxy groups -OCH3 is 1. The third-order valence-electron chi connectivity index (χ3n) is 4.22. The Kier molecular flexibility index (Phi) is 4.07. The molecule has 6 nitrogen and oxygen atoms in total. The molecule has 0 N–H and O–H groups in total. The summed E-state index contributed by atoms with van der Waals surface area (Å²) in [6, 6.07) is 0. The van der Waals surface area contributed by atoms with Crippen molar-refractivity contribution < 1.29 is 9.47 Å². The van der Waals surface area contributed by atoms with E-state index in [-0.39, 0.29) is 0 Å². The Morgan fingerprint density at radius 3 is 2.71 bits per heavy atom. The van der Waals surface area contributed by atoms with Crippen molar-refractivity contribution in [3.63, 3.8) is 0 Å². The quantitative estimate of drug-likeness (QED) is 0.855. The highest BCUT2D eigenvalue weighted by molar-refractivity contribution is 5.92. The molecular formula is C15H22N4O2. The van der Waals surface area contributed by atoms with Gasteiger partial charge in [-0.2, -0.15) is 0 Å². The number of ether oxygens (including phenoxy) is 2. The molecule has 2 aromatic rings. The second-order valence-corrected chi connectivity index (χ2v) is 5.35. The maximum Gasteiger partial charge on any atom is 0.146 e. The van der Waals surface area contributed by atoms with E-state index in [0.29, 0.717) is 6.61 Å². The molecule has 21 heavy (non-hydrogen) atoms. The lowest BCUT2D eigenvalue weighted by molar-refractivity contribution is 0.122. The average molecular weight is 290 g/mol. The molecule has 2 aromatic heterocycles. The van der Waals surface area contributed by atoms with Crippen molar-refractivity contribution in [1.82, 2.24) is 14.5 Å². The normalized spacial score (nSPS) is 15.9. The van der Waals surface area contributed by atoms with Gasteiger partial charge in [-0.25, -0.2) is 9.97 Å². The van der Waals surface area contributed by atoms with Crippen molar-refractivity contribution in [2.45, 2.75) is 20.4 Å². The Morgan fingerprint density at radius 2 is 2.00 bits per heavy atom. The van der Waals surface area contributed by atoms with E-state index in [1.807, 2.05) is 0 Å². The molecule has 1 saturated heterocycles. The number of hydrogen-bond donors (Lipinski definition) is 0. The highest BCUT2D eigenvalue weighted by Gasteiger charge is 2.21. The molecule has 0 atom stereocenters. The maximum atomic E-state index is 5.44. The van der Waals surface area contributed by atoms with Gasteiger partial charge in [0, 0.05) is 32.4 Å². The Labute approximate surface area is 124 Å². The summed E-state index contributed by atoms with van der Waals surface area (Å²) < 4.78 is 12.9. The van der Waals surface area contributed by atoms with Crippen LogP contribution in [0.25, 0.3) is 11.0 Å². The number of rotatable bonds is 4. The van der Waals surface area contributed by atoms with Gasteiger partial charge in [0.25, 0.3) is 0 Å². The van der Waals surface area contributed by atoms with E-state index >= 15 is 0 Å². The van der Waals surface area contributed by atoms with Crippen LogP contribution in [0.1, 0.15) is 11.3 Å².